The van der Waals surface area contributed by atoms with Crippen LogP contribution in [0.3, 0.4) is 0 Å². The largest absolute Gasteiger partial charge is 0.491 e. The first-order chi connectivity index (χ1) is 10.6. The zero-order valence-electron chi connectivity index (χ0n) is 13.8. The summed E-state index contributed by atoms with van der Waals surface area (Å²) < 4.78 is 5.64. The Bertz CT molecular complexity index is 473. The molecule has 3 nitrogen and oxygen atoms in total. The van der Waals surface area contributed by atoms with Crippen LogP contribution in [-0.4, -0.2) is 30.4 Å². The van der Waals surface area contributed by atoms with E-state index in [9.17, 15) is 5.11 Å². The Morgan fingerprint density at radius 2 is 2.00 bits per heavy atom. The van der Waals surface area contributed by atoms with Gasteiger partial charge in [-0.25, -0.2) is 0 Å². The molecule has 0 aliphatic heterocycles. The van der Waals surface area contributed by atoms with E-state index in [1.807, 2.05) is 24.3 Å². The Labute approximate surface area is 134 Å². The van der Waals surface area contributed by atoms with Crippen LogP contribution in [0.5, 0.6) is 5.75 Å². The van der Waals surface area contributed by atoms with Gasteiger partial charge >= 0.3 is 0 Å². The number of hydrogen-bond acceptors (Lipinski definition) is 3. The van der Waals surface area contributed by atoms with E-state index in [1.54, 1.807) is 0 Å². The summed E-state index contributed by atoms with van der Waals surface area (Å²) in [6, 6.07) is 8.46. The molecule has 0 aromatic heterocycles. The van der Waals surface area contributed by atoms with Crippen molar-refractivity contribution >= 4 is 0 Å². The van der Waals surface area contributed by atoms with Crippen LogP contribution in [-0.2, 0) is 0 Å². The van der Waals surface area contributed by atoms with Gasteiger partial charge in [0.25, 0.3) is 0 Å². The molecule has 2 aliphatic carbocycles. The minimum atomic E-state index is -0.456. The molecule has 22 heavy (non-hydrogen) atoms. The van der Waals surface area contributed by atoms with Crippen molar-refractivity contribution in [1.82, 2.24) is 5.32 Å². The average Bonchev–Trinajstić information content (AvgIpc) is 3.15. The quantitative estimate of drug-likeness (QED) is 0.813. The first-order valence-electron chi connectivity index (χ1n) is 8.72. The molecule has 0 amide bonds. The van der Waals surface area contributed by atoms with E-state index in [1.165, 1.54) is 31.2 Å². The first kappa shape index (κ1) is 15.8. The summed E-state index contributed by atoms with van der Waals surface area (Å²) in [7, 11) is 0. The lowest BCUT2D eigenvalue weighted by Gasteiger charge is -2.29. The van der Waals surface area contributed by atoms with Gasteiger partial charge in [0.2, 0.25) is 0 Å². The number of rotatable bonds is 7. The highest BCUT2D eigenvalue weighted by Gasteiger charge is 2.41. The monoisotopic (exact) mass is 303 g/mol. The second-order valence-electron chi connectivity index (χ2n) is 7.31. The van der Waals surface area contributed by atoms with Gasteiger partial charge in [-0.3, -0.25) is 0 Å². The molecule has 0 spiro atoms. The third kappa shape index (κ3) is 3.82. The molecule has 2 fully saturated rings. The summed E-state index contributed by atoms with van der Waals surface area (Å²) in [5, 5.41) is 13.6. The lowest BCUT2D eigenvalue weighted by Crippen LogP contribution is -2.41. The summed E-state index contributed by atoms with van der Waals surface area (Å²) in [4.78, 5) is 0. The first-order valence-corrected chi connectivity index (χ1v) is 8.72. The van der Waals surface area contributed by atoms with Crippen LogP contribution < -0.4 is 10.1 Å². The topological polar surface area (TPSA) is 41.5 Å². The predicted molar refractivity (Wildman–Crippen MR) is 89.1 cm³/mol. The minimum Gasteiger partial charge on any atom is -0.491 e. The Morgan fingerprint density at radius 1 is 1.23 bits per heavy atom. The highest BCUT2D eigenvalue weighted by molar-refractivity contribution is 5.26. The second kappa shape index (κ2) is 7.01. The molecule has 3 rings (SSSR count). The van der Waals surface area contributed by atoms with Crippen LogP contribution in [0, 0.1) is 24.7 Å². The van der Waals surface area contributed by atoms with Crippen molar-refractivity contribution < 1.29 is 9.84 Å². The van der Waals surface area contributed by atoms with Crippen LogP contribution in [0.4, 0.5) is 0 Å². The number of aliphatic hydroxyl groups excluding tert-OH is 1. The lowest BCUT2D eigenvalue weighted by molar-refractivity contribution is 0.0993. The van der Waals surface area contributed by atoms with Crippen LogP contribution in [0.15, 0.2) is 24.3 Å². The normalized spacial score (nSPS) is 29.5. The van der Waals surface area contributed by atoms with Gasteiger partial charge in [0, 0.05) is 12.6 Å². The molecule has 3 heteroatoms. The highest BCUT2D eigenvalue weighted by atomic mass is 16.5. The summed E-state index contributed by atoms with van der Waals surface area (Å²) >= 11 is 0. The van der Waals surface area contributed by atoms with E-state index in [0.29, 0.717) is 19.2 Å². The number of aryl methyl sites for hydroxylation is 1. The van der Waals surface area contributed by atoms with E-state index in [-0.39, 0.29) is 0 Å². The fourth-order valence-corrected chi connectivity index (χ4v) is 4.27. The van der Waals surface area contributed by atoms with Crippen molar-refractivity contribution in [2.75, 3.05) is 13.2 Å². The number of nitrogens with one attached hydrogen (secondary N) is 1. The third-order valence-corrected chi connectivity index (χ3v) is 5.57. The van der Waals surface area contributed by atoms with Crippen LogP contribution in [0.2, 0.25) is 0 Å². The van der Waals surface area contributed by atoms with Gasteiger partial charge in [-0.1, -0.05) is 24.1 Å². The maximum absolute atomic E-state index is 10.1. The molecule has 122 valence electrons. The molecule has 2 bridgehead atoms. The number of hydrogen-bond donors (Lipinski definition) is 2. The molecule has 0 heterocycles. The Hall–Kier alpha value is -1.06. The zero-order chi connectivity index (χ0) is 15.5. The van der Waals surface area contributed by atoms with Crippen molar-refractivity contribution in [2.45, 2.75) is 51.7 Å². The summed E-state index contributed by atoms with van der Waals surface area (Å²) in [6.45, 7) is 5.29. The highest BCUT2D eigenvalue weighted by Crippen LogP contribution is 2.49. The standard InChI is InChI=1S/C19H29NO2/c1-13-3-7-18(8-4-13)22-12-17(21)11-20-14(2)19-10-15-5-6-16(19)9-15/h3-4,7-8,14-17,19-21H,5-6,9-12H2,1-2H3/t14-,15-,16-,17+,19+/m0/s1. The smallest absolute Gasteiger partial charge is 0.119 e. The van der Waals surface area contributed by atoms with E-state index >= 15 is 0 Å². The molecule has 1 aromatic carbocycles. The lowest BCUT2D eigenvalue weighted by atomic mass is 9.84. The SMILES string of the molecule is Cc1ccc(OC[C@H](O)CN[C@@H](C)[C@H]2C[C@H]3CC[C@H]2C3)cc1. The molecular weight excluding hydrogens is 274 g/mol. The molecule has 2 saturated carbocycles. The van der Waals surface area contributed by atoms with Crippen molar-refractivity contribution in [3.8, 4) is 5.75 Å². The van der Waals surface area contributed by atoms with Gasteiger partial charge in [-0.05, 0) is 63.0 Å². The zero-order valence-corrected chi connectivity index (χ0v) is 13.8. The fraction of sp³-hybridized carbons (Fsp3) is 0.684. The van der Waals surface area contributed by atoms with Gasteiger partial charge in [0.15, 0.2) is 0 Å². The molecule has 2 aliphatic rings. The van der Waals surface area contributed by atoms with Crippen molar-refractivity contribution in [1.29, 1.82) is 0 Å². The molecule has 1 aromatic rings. The predicted octanol–water partition coefficient (Wildman–Crippen LogP) is 3.15. The van der Waals surface area contributed by atoms with Crippen molar-refractivity contribution in [3.05, 3.63) is 29.8 Å². The van der Waals surface area contributed by atoms with E-state index in [4.69, 9.17) is 4.74 Å². The van der Waals surface area contributed by atoms with E-state index < -0.39 is 6.10 Å². The summed E-state index contributed by atoms with van der Waals surface area (Å²) in [5.41, 5.74) is 1.22. The average molecular weight is 303 g/mol. The van der Waals surface area contributed by atoms with Crippen LogP contribution >= 0.6 is 0 Å². The van der Waals surface area contributed by atoms with Crippen molar-refractivity contribution in [3.63, 3.8) is 0 Å². The van der Waals surface area contributed by atoms with Gasteiger partial charge in [0.1, 0.15) is 18.5 Å². The molecular formula is C19H29NO2. The van der Waals surface area contributed by atoms with Gasteiger partial charge < -0.3 is 15.2 Å². The molecule has 2 N–H and O–H groups in total. The third-order valence-electron chi connectivity index (χ3n) is 5.57. The van der Waals surface area contributed by atoms with E-state index in [2.05, 4.69) is 19.2 Å². The number of aliphatic hydroxyl groups is 1. The summed E-state index contributed by atoms with van der Waals surface area (Å²) in [5.74, 6) is 3.54. The van der Waals surface area contributed by atoms with Crippen LogP contribution in [0.25, 0.3) is 0 Å². The molecule has 0 saturated heterocycles. The molecule has 0 radical (unpaired) electrons. The Kier molecular flexibility index (Phi) is 5.04. The number of fused-ring (bicyclic) bond motifs is 2. The second-order valence-corrected chi connectivity index (χ2v) is 7.31. The van der Waals surface area contributed by atoms with Crippen LogP contribution in [0.1, 0.15) is 38.2 Å². The molecule has 0 unspecified atom stereocenters. The Morgan fingerprint density at radius 3 is 2.64 bits per heavy atom. The van der Waals surface area contributed by atoms with Gasteiger partial charge in [-0.15, -0.1) is 0 Å². The number of ether oxygens (including phenoxy) is 1. The van der Waals surface area contributed by atoms with Crippen molar-refractivity contribution in [2.24, 2.45) is 17.8 Å². The van der Waals surface area contributed by atoms with Gasteiger partial charge in [-0.2, -0.15) is 0 Å². The maximum Gasteiger partial charge on any atom is 0.119 e. The van der Waals surface area contributed by atoms with Gasteiger partial charge in [0.05, 0.1) is 0 Å². The fourth-order valence-electron chi connectivity index (χ4n) is 4.27. The summed E-state index contributed by atoms with van der Waals surface area (Å²) in [6.07, 6.45) is 5.23. The minimum absolute atomic E-state index is 0.347. The maximum atomic E-state index is 10.1. The van der Waals surface area contributed by atoms with E-state index in [0.717, 1.165) is 23.5 Å². The molecule has 5 atom stereocenters. The number of benzene rings is 1. The Balaban J connectivity index is 1.37.